The third kappa shape index (κ3) is 2.30. The Kier molecular flexibility index (Phi) is 3.59. The van der Waals surface area contributed by atoms with Gasteiger partial charge in [0.25, 0.3) is 0 Å². The molecule has 0 saturated heterocycles. The molecule has 0 aliphatic rings. The number of benzene rings is 2. The fourth-order valence-electron chi connectivity index (χ4n) is 3.73. The van der Waals surface area contributed by atoms with E-state index in [0.29, 0.717) is 5.69 Å². The molecular formula is C23H21N2O+. The monoisotopic (exact) mass is 341 g/mol. The number of aromatic nitrogens is 1. The van der Waals surface area contributed by atoms with Gasteiger partial charge < -0.3 is 4.42 Å². The zero-order chi connectivity index (χ0) is 18.6. The van der Waals surface area contributed by atoms with Crippen molar-refractivity contribution in [3.8, 4) is 11.3 Å². The first kappa shape index (κ1) is 16.4. The van der Waals surface area contributed by atoms with E-state index in [2.05, 4.69) is 67.6 Å². The summed E-state index contributed by atoms with van der Waals surface area (Å²) in [5.41, 5.74) is 9.17. The predicted octanol–water partition coefficient (Wildman–Crippen LogP) is 5.86. The molecule has 0 aliphatic carbocycles. The van der Waals surface area contributed by atoms with Gasteiger partial charge in [0.05, 0.1) is 12.1 Å². The number of hydrogen-bond donors (Lipinski definition) is 0. The summed E-state index contributed by atoms with van der Waals surface area (Å²) in [6.07, 6.45) is 0. The van der Waals surface area contributed by atoms with E-state index in [-0.39, 0.29) is 0 Å². The molecular weight excluding hydrogens is 320 g/mol. The summed E-state index contributed by atoms with van der Waals surface area (Å²) >= 11 is 0. The Morgan fingerprint density at radius 2 is 1.69 bits per heavy atom. The van der Waals surface area contributed by atoms with Crippen LogP contribution in [-0.2, 0) is 7.05 Å². The number of furan rings is 1. The van der Waals surface area contributed by atoms with Crippen LogP contribution in [0.25, 0.3) is 38.0 Å². The number of rotatable bonds is 1. The van der Waals surface area contributed by atoms with Gasteiger partial charge in [0, 0.05) is 29.8 Å². The molecule has 0 bridgehead atoms. The van der Waals surface area contributed by atoms with Crippen LogP contribution in [0.3, 0.4) is 0 Å². The zero-order valence-corrected chi connectivity index (χ0v) is 15.8. The first-order chi connectivity index (χ1) is 12.4. The van der Waals surface area contributed by atoms with Crippen LogP contribution in [-0.4, -0.2) is 0 Å². The maximum Gasteiger partial charge on any atom is 0.216 e. The topological polar surface area (TPSA) is 21.4 Å². The highest BCUT2D eigenvalue weighted by atomic mass is 16.3. The quantitative estimate of drug-likeness (QED) is 0.314. The molecule has 4 aromatic rings. The molecule has 2 heterocycles. The molecule has 0 unspecified atom stereocenters. The van der Waals surface area contributed by atoms with Gasteiger partial charge in [0.1, 0.15) is 18.2 Å². The van der Waals surface area contributed by atoms with Gasteiger partial charge in [-0.3, -0.25) is 0 Å². The van der Waals surface area contributed by atoms with E-state index in [4.69, 9.17) is 11.0 Å². The Morgan fingerprint density at radius 3 is 2.42 bits per heavy atom. The highest BCUT2D eigenvalue weighted by molar-refractivity contribution is 6.10. The molecule has 0 saturated carbocycles. The summed E-state index contributed by atoms with van der Waals surface area (Å²) in [5.74, 6) is 0. The summed E-state index contributed by atoms with van der Waals surface area (Å²) in [4.78, 5) is 3.61. The molecule has 26 heavy (non-hydrogen) atoms. The van der Waals surface area contributed by atoms with Gasteiger partial charge in [-0.1, -0.05) is 18.2 Å². The normalized spacial score (nSPS) is 11.2. The number of aryl methyl sites for hydroxylation is 4. The Bertz CT molecular complexity index is 1240. The van der Waals surface area contributed by atoms with Gasteiger partial charge in [-0.15, -0.1) is 0 Å². The lowest BCUT2D eigenvalue weighted by Crippen LogP contribution is -2.35. The van der Waals surface area contributed by atoms with Crippen molar-refractivity contribution >= 4 is 27.6 Å². The van der Waals surface area contributed by atoms with Crippen LogP contribution in [0.5, 0.6) is 0 Å². The number of pyridine rings is 1. The molecule has 0 radical (unpaired) electrons. The molecule has 3 nitrogen and oxygen atoms in total. The van der Waals surface area contributed by atoms with E-state index in [0.717, 1.165) is 38.8 Å². The van der Waals surface area contributed by atoms with E-state index in [9.17, 15) is 0 Å². The molecule has 0 amide bonds. The zero-order valence-electron chi connectivity index (χ0n) is 15.8. The molecule has 0 N–H and O–H groups in total. The van der Waals surface area contributed by atoms with E-state index in [1.54, 1.807) is 0 Å². The lowest BCUT2D eigenvalue weighted by molar-refractivity contribution is -0.666. The average molecular weight is 341 g/mol. The van der Waals surface area contributed by atoms with Crippen LogP contribution in [0.4, 0.5) is 5.69 Å². The van der Waals surface area contributed by atoms with Crippen molar-refractivity contribution in [2.75, 3.05) is 0 Å². The summed E-state index contributed by atoms with van der Waals surface area (Å²) in [7, 11) is 2.09. The second-order valence-electron chi connectivity index (χ2n) is 7.10. The van der Waals surface area contributed by atoms with Crippen molar-refractivity contribution in [2.24, 2.45) is 7.05 Å². The lowest BCUT2D eigenvalue weighted by atomic mass is 9.99. The van der Waals surface area contributed by atoms with Crippen molar-refractivity contribution in [1.29, 1.82) is 0 Å². The summed E-state index contributed by atoms with van der Waals surface area (Å²) in [6.45, 7) is 15.7. The highest BCUT2D eigenvalue weighted by Crippen LogP contribution is 2.39. The van der Waals surface area contributed by atoms with Crippen LogP contribution in [0, 0.1) is 34.3 Å². The minimum absolute atomic E-state index is 0.645. The molecule has 3 heteroatoms. The standard InChI is InChI=1S/C23H21N2O/c1-13-9-16(4)25(6)20(10-13)22-14(2)7-8-17-18-11-15(3)19(24-5)12-21(18)26-23(17)22/h7-12H,1-4,6H3/q+1. The Balaban J connectivity index is 2.15. The van der Waals surface area contributed by atoms with Gasteiger partial charge in [0.2, 0.25) is 5.69 Å². The fourth-order valence-corrected chi connectivity index (χ4v) is 3.73. The van der Waals surface area contributed by atoms with Gasteiger partial charge in [-0.2, -0.15) is 4.57 Å². The van der Waals surface area contributed by atoms with E-state index in [1.807, 2.05) is 13.0 Å². The third-order valence-corrected chi connectivity index (χ3v) is 5.23. The van der Waals surface area contributed by atoms with Gasteiger partial charge in [0.15, 0.2) is 11.4 Å². The van der Waals surface area contributed by atoms with E-state index in [1.165, 1.54) is 16.8 Å². The van der Waals surface area contributed by atoms with Gasteiger partial charge in [-0.25, -0.2) is 4.85 Å². The molecule has 0 fully saturated rings. The smallest absolute Gasteiger partial charge is 0.216 e. The average Bonchev–Trinajstić information content (AvgIpc) is 2.95. The lowest BCUT2D eigenvalue weighted by Gasteiger charge is -2.08. The molecule has 0 spiro atoms. The third-order valence-electron chi connectivity index (χ3n) is 5.23. The van der Waals surface area contributed by atoms with Crippen molar-refractivity contribution in [2.45, 2.75) is 27.7 Å². The van der Waals surface area contributed by atoms with Gasteiger partial charge in [-0.05, 0) is 43.5 Å². The number of fused-ring (bicyclic) bond motifs is 3. The largest absolute Gasteiger partial charge is 0.456 e. The Morgan fingerprint density at radius 1 is 0.923 bits per heavy atom. The minimum atomic E-state index is 0.645. The fraction of sp³-hybridized carbons (Fsp3) is 0.217. The second-order valence-corrected chi connectivity index (χ2v) is 7.10. The van der Waals surface area contributed by atoms with Crippen molar-refractivity contribution < 1.29 is 8.98 Å². The second kappa shape index (κ2) is 5.71. The van der Waals surface area contributed by atoms with Crippen LogP contribution >= 0.6 is 0 Å². The first-order valence-electron chi connectivity index (χ1n) is 8.72. The van der Waals surface area contributed by atoms with E-state index >= 15 is 0 Å². The van der Waals surface area contributed by atoms with E-state index < -0.39 is 0 Å². The van der Waals surface area contributed by atoms with Crippen molar-refractivity contribution in [1.82, 2.24) is 0 Å². The van der Waals surface area contributed by atoms with Crippen LogP contribution < -0.4 is 4.57 Å². The Labute approximate surface area is 153 Å². The van der Waals surface area contributed by atoms with Gasteiger partial charge >= 0.3 is 0 Å². The summed E-state index contributed by atoms with van der Waals surface area (Å²) in [6, 6.07) is 12.6. The molecule has 0 aliphatic heterocycles. The number of nitrogens with zero attached hydrogens (tertiary/aromatic N) is 2. The minimum Gasteiger partial charge on any atom is -0.456 e. The maximum atomic E-state index is 7.36. The van der Waals surface area contributed by atoms with Crippen LogP contribution in [0.15, 0.2) is 40.8 Å². The summed E-state index contributed by atoms with van der Waals surface area (Å²) in [5, 5.41) is 2.16. The SMILES string of the molecule is [C-]#[N+]c1cc2oc3c(-c4cc(C)cc(C)[n+]4C)c(C)ccc3c2cc1C. The van der Waals surface area contributed by atoms with Crippen LogP contribution in [0.2, 0.25) is 0 Å². The molecule has 128 valence electrons. The summed E-state index contributed by atoms with van der Waals surface area (Å²) < 4.78 is 8.50. The molecule has 4 rings (SSSR count). The predicted molar refractivity (Wildman–Crippen MR) is 106 cm³/mol. The highest BCUT2D eigenvalue weighted by Gasteiger charge is 2.22. The number of hydrogen-bond acceptors (Lipinski definition) is 1. The first-order valence-corrected chi connectivity index (χ1v) is 8.72. The molecule has 2 aromatic heterocycles. The maximum absolute atomic E-state index is 7.36. The van der Waals surface area contributed by atoms with Crippen LogP contribution in [0.1, 0.15) is 22.4 Å². The molecule has 0 atom stereocenters. The Hall–Kier alpha value is -3.12. The molecule has 2 aromatic carbocycles. The van der Waals surface area contributed by atoms with Crippen molar-refractivity contribution in [3.63, 3.8) is 0 Å². The van der Waals surface area contributed by atoms with Crippen molar-refractivity contribution in [3.05, 3.63) is 70.2 Å².